The summed E-state index contributed by atoms with van der Waals surface area (Å²) in [7, 11) is 0. The SMILES string of the molecule is O=C(N1CCCC1)C1(c2cccc(Cl)c2)CCCCC1. The van der Waals surface area contributed by atoms with Crippen molar-refractivity contribution < 1.29 is 4.79 Å². The third-order valence-electron chi connectivity index (χ3n) is 4.89. The van der Waals surface area contributed by atoms with Crippen LogP contribution in [0.25, 0.3) is 0 Å². The van der Waals surface area contributed by atoms with E-state index in [1.807, 2.05) is 18.2 Å². The van der Waals surface area contributed by atoms with Crippen molar-refractivity contribution in [1.82, 2.24) is 4.90 Å². The average Bonchev–Trinajstić information content (AvgIpc) is 3.01. The van der Waals surface area contributed by atoms with E-state index in [9.17, 15) is 4.79 Å². The van der Waals surface area contributed by atoms with E-state index < -0.39 is 0 Å². The third kappa shape index (κ3) is 2.46. The van der Waals surface area contributed by atoms with Gasteiger partial charge in [0, 0.05) is 18.1 Å². The molecule has 1 aliphatic carbocycles. The van der Waals surface area contributed by atoms with E-state index in [-0.39, 0.29) is 5.41 Å². The maximum Gasteiger partial charge on any atom is 0.233 e. The second-order valence-corrected chi connectivity index (χ2v) is 6.59. The first kappa shape index (κ1) is 13.9. The highest BCUT2D eigenvalue weighted by Gasteiger charge is 2.43. The number of hydrogen-bond donors (Lipinski definition) is 0. The van der Waals surface area contributed by atoms with Crippen LogP contribution in [0.15, 0.2) is 24.3 Å². The summed E-state index contributed by atoms with van der Waals surface area (Å²) < 4.78 is 0. The van der Waals surface area contributed by atoms with Crippen molar-refractivity contribution in [3.05, 3.63) is 34.9 Å². The lowest BCUT2D eigenvalue weighted by atomic mass is 9.68. The van der Waals surface area contributed by atoms with Gasteiger partial charge in [-0.1, -0.05) is 43.0 Å². The first-order valence-electron chi connectivity index (χ1n) is 7.78. The van der Waals surface area contributed by atoms with Gasteiger partial charge in [0.05, 0.1) is 5.41 Å². The Morgan fingerprint density at radius 1 is 1.05 bits per heavy atom. The first-order valence-corrected chi connectivity index (χ1v) is 8.16. The van der Waals surface area contributed by atoms with E-state index in [4.69, 9.17) is 11.6 Å². The maximum absolute atomic E-state index is 13.1. The van der Waals surface area contributed by atoms with Crippen LogP contribution in [0.2, 0.25) is 5.02 Å². The van der Waals surface area contributed by atoms with Crippen LogP contribution in [-0.2, 0) is 10.2 Å². The standard InChI is InChI=1S/C17H22ClNO/c18-15-8-6-7-14(13-15)17(9-2-1-3-10-17)16(20)19-11-4-5-12-19/h6-8,13H,1-5,9-12H2. The summed E-state index contributed by atoms with van der Waals surface area (Å²) in [6, 6.07) is 7.96. The molecule has 1 saturated heterocycles. The first-order chi connectivity index (χ1) is 9.72. The smallest absolute Gasteiger partial charge is 0.233 e. The van der Waals surface area contributed by atoms with Crippen molar-refractivity contribution in [1.29, 1.82) is 0 Å². The van der Waals surface area contributed by atoms with Crippen LogP contribution in [-0.4, -0.2) is 23.9 Å². The van der Waals surface area contributed by atoms with Gasteiger partial charge < -0.3 is 4.90 Å². The Balaban J connectivity index is 1.97. The summed E-state index contributed by atoms with van der Waals surface area (Å²) >= 11 is 6.17. The van der Waals surface area contributed by atoms with Gasteiger partial charge in [-0.15, -0.1) is 0 Å². The molecule has 1 saturated carbocycles. The Morgan fingerprint density at radius 2 is 1.75 bits per heavy atom. The summed E-state index contributed by atoms with van der Waals surface area (Å²) in [5.74, 6) is 0.344. The number of hydrogen-bond acceptors (Lipinski definition) is 1. The molecule has 20 heavy (non-hydrogen) atoms. The number of rotatable bonds is 2. The summed E-state index contributed by atoms with van der Waals surface area (Å²) in [6.07, 6.45) is 7.79. The highest BCUT2D eigenvalue weighted by molar-refractivity contribution is 6.30. The van der Waals surface area contributed by atoms with Crippen LogP contribution in [0.1, 0.15) is 50.5 Å². The molecular formula is C17H22ClNO. The van der Waals surface area contributed by atoms with Gasteiger partial charge in [-0.05, 0) is 43.4 Å². The Kier molecular flexibility index (Phi) is 4.02. The highest BCUT2D eigenvalue weighted by Crippen LogP contribution is 2.42. The Labute approximate surface area is 126 Å². The molecule has 1 aromatic carbocycles. The number of likely N-dealkylation sites (tertiary alicyclic amines) is 1. The fraction of sp³-hybridized carbons (Fsp3) is 0.588. The summed E-state index contributed by atoms with van der Waals surface area (Å²) in [4.78, 5) is 15.2. The molecule has 2 fully saturated rings. The van der Waals surface area contributed by atoms with Crippen LogP contribution in [0, 0.1) is 0 Å². The van der Waals surface area contributed by atoms with Gasteiger partial charge in [0.2, 0.25) is 5.91 Å². The second kappa shape index (κ2) is 5.77. The van der Waals surface area contributed by atoms with Gasteiger partial charge in [0.15, 0.2) is 0 Å². The van der Waals surface area contributed by atoms with Crippen LogP contribution >= 0.6 is 11.6 Å². The molecule has 0 unspecified atom stereocenters. The molecule has 0 spiro atoms. The number of nitrogens with zero attached hydrogens (tertiary/aromatic N) is 1. The molecule has 1 heterocycles. The van der Waals surface area contributed by atoms with E-state index in [0.717, 1.165) is 62.2 Å². The minimum Gasteiger partial charge on any atom is -0.342 e. The summed E-state index contributed by atoms with van der Waals surface area (Å²) in [6.45, 7) is 1.86. The largest absolute Gasteiger partial charge is 0.342 e. The molecule has 1 amide bonds. The number of amides is 1. The molecule has 1 aromatic rings. The summed E-state index contributed by atoms with van der Waals surface area (Å²) in [5, 5.41) is 0.738. The fourth-order valence-electron chi connectivity index (χ4n) is 3.79. The molecule has 0 aromatic heterocycles. The van der Waals surface area contributed by atoms with Gasteiger partial charge in [0.1, 0.15) is 0 Å². The van der Waals surface area contributed by atoms with E-state index in [0.29, 0.717) is 5.91 Å². The van der Waals surface area contributed by atoms with Crippen molar-refractivity contribution in [2.45, 2.75) is 50.4 Å². The van der Waals surface area contributed by atoms with Gasteiger partial charge >= 0.3 is 0 Å². The lowest BCUT2D eigenvalue weighted by Gasteiger charge is -2.39. The monoisotopic (exact) mass is 291 g/mol. The number of carbonyl (C=O) groups is 1. The molecule has 108 valence electrons. The van der Waals surface area contributed by atoms with E-state index in [2.05, 4.69) is 11.0 Å². The molecular weight excluding hydrogens is 270 g/mol. The highest BCUT2D eigenvalue weighted by atomic mass is 35.5. The van der Waals surface area contributed by atoms with Crippen molar-refractivity contribution in [3.63, 3.8) is 0 Å². The zero-order valence-corrected chi connectivity index (χ0v) is 12.7. The molecule has 2 nitrogen and oxygen atoms in total. The quantitative estimate of drug-likeness (QED) is 0.801. The van der Waals surface area contributed by atoms with Crippen molar-refractivity contribution in [2.24, 2.45) is 0 Å². The second-order valence-electron chi connectivity index (χ2n) is 6.15. The molecule has 1 aliphatic heterocycles. The van der Waals surface area contributed by atoms with Gasteiger partial charge in [-0.3, -0.25) is 4.79 Å². The minimum atomic E-state index is -0.312. The molecule has 0 N–H and O–H groups in total. The van der Waals surface area contributed by atoms with Crippen LogP contribution in [0.4, 0.5) is 0 Å². The van der Waals surface area contributed by atoms with Crippen molar-refractivity contribution in [2.75, 3.05) is 13.1 Å². The number of benzene rings is 1. The van der Waals surface area contributed by atoms with E-state index in [1.165, 1.54) is 6.42 Å². The molecule has 0 atom stereocenters. The Morgan fingerprint density at radius 3 is 2.40 bits per heavy atom. The van der Waals surface area contributed by atoms with Gasteiger partial charge in [-0.25, -0.2) is 0 Å². The average molecular weight is 292 g/mol. The van der Waals surface area contributed by atoms with Crippen LogP contribution in [0.3, 0.4) is 0 Å². The maximum atomic E-state index is 13.1. The predicted molar refractivity (Wildman–Crippen MR) is 82.0 cm³/mol. The molecule has 3 rings (SSSR count). The zero-order chi connectivity index (χ0) is 14.0. The van der Waals surface area contributed by atoms with Crippen molar-refractivity contribution >= 4 is 17.5 Å². The normalized spacial score (nSPS) is 21.9. The Hall–Kier alpha value is -1.02. The molecule has 3 heteroatoms. The number of carbonyl (C=O) groups excluding carboxylic acids is 1. The van der Waals surface area contributed by atoms with Gasteiger partial charge in [0.25, 0.3) is 0 Å². The summed E-state index contributed by atoms with van der Waals surface area (Å²) in [5.41, 5.74) is 0.814. The lowest BCUT2D eigenvalue weighted by Crippen LogP contribution is -2.47. The number of halogens is 1. The lowest BCUT2D eigenvalue weighted by molar-refractivity contribution is -0.137. The zero-order valence-electron chi connectivity index (χ0n) is 11.9. The fourth-order valence-corrected chi connectivity index (χ4v) is 3.98. The topological polar surface area (TPSA) is 20.3 Å². The van der Waals surface area contributed by atoms with Crippen molar-refractivity contribution in [3.8, 4) is 0 Å². The molecule has 0 radical (unpaired) electrons. The van der Waals surface area contributed by atoms with Crippen LogP contribution in [0.5, 0.6) is 0 Å². The molecule has 2 aliphatic rings. The molecule has 0 bridgehead atoms. The van der Waals surface area contributed by atoms with E-state index >= 15 is 0 Å². The third-order valence-corrected chi connectivity index (χ3v) is 5.12. The van der Waals surface area contributed by atoms with Crippen LogP contribution < -0.4 is 0 Å². The Bertz CT molecular complexity index is 488. The predicted octanol–water partition coefficient (Wildman–Crippen LogP) is 4.16. The van der Waals surface area contributed by atoms with E-state index in [1.54, 1.807) is 0 Å². The minimum absolute atomic E-state index is 0.312. The van der Waals surface area contributed by atoms with Gasteiger partial charge in [-0.2, -0.15) is 0 Å².